The van der Waals surface area contributed by atoms with Crippen molar-refractivity contribution in [3.63, 3.8) is 0 Å². The Kier molecular flexibility index (Phi) is 13.4. The molecular weight excluding hydrogens is 392 g/mol. The Morgan fingerprint density at radius 2 is 1.50 bits per heavy atom. The van der Waals surface area contributed by atoms with Gasteiger partial charge < -0.3 is 4.90 Å². The van der Waals surface area contributed by atoms with Crippen molar-refractivity contribution in [1.82, 2.24) is 9.80 Å². The van der Waals surface area contributed by atoms with Crippen LogP contribution in [0, 0.1) is 0 Å². The van der Waals surface area contributed by atoms with Gasteiger partial charge in [-0.3, -0.25) is 14.5 Å². The zero-order chi connectivity index (χ0) is 23.2. The molecule has 0 radical (unpaired) electrons. The maximum atomic E-state index is 4.92. The Balaban J connectivity index is 1.81. The summed E-state index contributed by atoms with van der Waals surface area (Å²) in [5, 5.41) is 0. The Bertz CT molecular complexity index is 568. The maximum absolute atomic E-state index is 4.92. The van der Waals surface area contributed by atoms with Gasteiger partial charge in [0.25, 0.3) is 0 Å². The monoisotopic (exact) mass is 447 g/mol. The van der Waals surface area contributed by atoms with E-state index in [1.54, 1.807) is 5.84 Å². The molecule has 2 aliphatic heterocycles. The molecule has 0 spiro atoms. The first-order valence-electron chi connectivity index (χ1n) is 14.3. The normalized spacial score (nSPS) is 21.2. The van der Waals surface area contributed by atoms with Gasteiger partial charge in [-0.15, -0.1) is 0 Å². The largest absolute Gasteiger partial charge is 0.356 e. The minimum Gasteiger partial charge on any atom is -0.356 e. The number of rotatable bonds is 18. The average Bonchev–Trinajstić information content (AvgIpc) is 3.30. The third-order valence-electron chi connectivity index (χ3n) is 7.39. The van der Waals surface area contributed by atoms with Gasteiger partial charge in [0.1, 0.15) is 12.6 Å². The standard InChI is InChI=1S/C28H55N4/c1-6-10-12-13-15-22-31-25(5)24-30(28(31)18-9-4)20-16-14-19-26-23-29-27(17-8-3)32(26)21-11-7-2/h25-26H,6-24H2,1-5H3/q+1. The van der Waals surface area contributed by atoms with Gasteiger partial charge in [0.2, 0.25) is 5.84 Å². The summed E-state index contributed by atoms with van der Waals surface area (Å²) in [6, 6.07) is 1.35. The fourth-order valence-corrected chi connectivity index (χ4v) is 5.57. The molecule has 2 aliphatic rings. The summed E-state index contributed by atoms with van der Waals surface area (Å²) in [6.07, 6.45) is 18.3. The van der Waals surface area contributed by atoms with Gasteiger partial charge in [0, 0.05) is 25.4 Å². The smallest absolute Gasteiger partial charge is 0.247 e. The van der Waals surface area contributed by atoms with Crippen LogP contribution in [0.5, 0.6) is 0 Å². The third-order valence-corrected chi connectivity index (χ3v) is 7.39. The van der Waals surface area contributed by atoms with E-state index >= 15 is 0 Å². The lowest BCUT2D eigenvalue weighted by Crippen LogP contribution is -2.37. The number of hydrogen-bond donors (Lipinski definition) is 0. The Morgan fingerprint density at radius 1 is 0.781 bits per heavy atom. The molecule has 0 bridgehead atoms. The van der Waals surface area contributed by atoms with Crippen LogP contribution in [0.3, 0.4) is 0 Å². The zero-order valence-electron chi connectivity index (χ0n) is 22.4. The summed E-state index contributed by atoms with van der Waals surface area (Å²) in [5.74, 6) is 3.04. The lowest BCUT2D eigenvalue weighted by atomic mass is 10.1. The second-order valence-electron chi connectivity index (χ2n) is 10.3. The van der Waals surface area contributed by atoms with Crippen LogP contribution < -0.4 is 0 Å². The molecule has 4 nitrogen and oxygen atoms in total. The first-order chi connectivity index (χ1) is 15.7. The van der Waals surface area contributed by atoms with E-state index in [9.17, 15) is 0 Å². The van der Waals surface area contributed by atoms with E-state index in [4.69, 9.17) is 4.99 Å². The average molecular weight is 448 g/mol. The number of amidine groups is 2. The van der Waals surface area contributed by atoms with Crippen molar-refractivity contribution in [2.24, 2.45) is 4.99 Å². The molecule has 2 heterocycles. The first-order valence-corrected chi connectivity index (χ1v) is 14.3. The fraction of sp³-hybridized carbons (Fsp3) is 0.929. The lowest BCUT2D eigenvalue weighted by Gasteiger charge is -2.28. The van der Waals surface area contributed by atoms with Crippen molar-refractivity contribution in [2.45, 2.75) is 137 Å². The van der Waals surface area contributed by atoms with Crippen molar-refractivity contribution in [3.05, 3.63) is 0 Å². The van der Waals surface area contributed by atoms with Gasteiger partial charge in [-0.05, 0) is 58.3 Å². The molecule has 0 aromatic carbocycles. The molecule has 0 saturated carbocycles. The van der Waals surface area contributed by atoms with Crippen molar-refractivity contribution >= 4 is 11.7 Å². The molecule has 2 unspecified atom stereocenters. The van der Waals surface area contributed by atoms with Crippen LogP contribution in [-0.2, 0) is 0 Å². The minimum atomic E-state index is 0.666. The summed E-state index contributed by atoms with van der Waals surface area (Å²) in [4.78, 5) is 10.3. The van der Waals surface area contributed by atoms with Crippen molar-refractivity contribution in [2.75, 3.05) is 32.7 Å². The molecule has 32 heavy (non-hydrogen) atoms. The quantitative estimate of drug-likeness (QED) is 0.172. The molecule has 2 atom stereocenters. The Morgan fingerprint density at radius 3 is 2.22 bits per heavy atom. The summed E-state index contributed by atoms with van der Waals surface area (Å²) in [7, 11) is 0. The maximum Gasteiger partial charge on any atom is 0.247 e. The SMILES string of the molecule is CCCCCCCN1C(CCC)=[N+](CCCCC2CN=C(CCC)N2CCCC)CC1C. The molecule has 186 valence electrons. The number of aliphatic imine (C=N–C) groups is 1. The van der Waals surface area contributed by atoms with E-state index in [1.165, 1.54) is 115 Å². The molecule has 0 saturated heterocycles. The predicted octanol–water partition coefficient (Wildman–Crippen LogP) is 6.73. The highest BCUT2D eigenvalue weighted by atomic mass is 15.3. The Labute approximate surface area is 200 Å². The van der Waals surface area contributed by atoms with Gasteiger partial charge in [-0.1, -0.05) is 53.4 Å². The van der Waals surface area contributed by atoms with E-state index < -0.39 is 0 Å². The summed E-state index contributed by atoms with van der Waals surface area (Å²) >= 11 is 0. The van der Waals surface area contributed by atoms with Crippen LogP contribution in [0.15, 0.2) is 4.99 Å². The van der Waals surface area contributed by atoms with Crippen molar-refractivity contribution < 1.29 is 4.58 Å². The third kappa shape index (κ3) is 8.37. The van der Waals surface area contributed by atoms with Crippen LogP contribution in [0.25, 0.3) is 0 Å². The molecule has 2 rings (SSSR count). The molecule has 0 N–H and O–H groups in total. The molecular formula is C28H55N4+. The highest BCUT2D eigenvalue weighted by molar-refractivity contribution is 5.84. The lowest BCUT2D eigenvalue weighted by molar-refractivity contribution is -0.522. The summed E-state index contributed by atoms with van der Waals surface area (Å²) in [6.45, 7) is 17.7. The number of unbranched alkanes of at least 4 members (excludes halogenated alkanes) is 6. The van der Waals surface area contributed by atoms with Crippen LogP contribution >= 0.6 is 0 Å². The van der Waals surface area contributed by atoms with E-state index in [0.717, 1.165) is 13.0 Å². The van der Waals surface area contributed by atoms with Crippen LogP contribution in [0.1, 0.15) is 125 Å². The number of nitrogens with zero attached hydrogens (tertiary/aromatic N) is 4. The second-order valence-corrected chi connectivity index (χ2v) is 10.3. The number of hydrogen-bond acceptors (Lipinski definition) is 3. The molecule has 4 heteroatoms. The molecule has 0 fully saturated rings. The van der Waals surface area contributed by atoms with E-state index in [0.29, 0.717) is 12.1 Å². The summed E-state index contributed by atoms with van der Waals surface area (Å²) < 4.78 is 2.74. The van der Waals surface area contributed by atoms with Crippen molar-refractivity contribution in [1.29, 1.82) is 0 Å². The first kappa shape index (κ1) is 27.2. The van der Waals surface area contributed by atoms with E-state index in [1.807, 2.05) is 0 Å². The fourth-order valence-electron chi connectivity index (χ4n) is 5.57. The van der Waals surface area contributed by atoms with Gasteiger partial charge in [-0.25, -0.2) is 0 Å². The van der Waals surface area contributed by atoms with Crippen LogP contribution in [0.2, 0.25) is 0 Å². The molecule has 0 aromatic heterocycles. The van der Waals surface area contributed by atoms with Gasteiger partial charge in [0.15, 0.2) is 0 Å². The summed E-state index contributed by atoms with van der Waals surface area (Å²) in [5.41, 5.74) is 0. The topological polar surface area (TPSA) is 21.9 Å². The van der Waals surface area contributed by atoms with E-state index in [-0.39, 0.29) is 0 Å². The molecule has 0 amide bonds. The highest BCUT2D eigenvalue weighted by Crippen LogP contribution is 2.21. The second kappa shape index (κ2) is 15.7. The molecule has 0 aliphatic carbocycles. The van der Waals surface area contributed by atoms with Gasteiger partial charge in [-0.2, -0.15) is 0 Å². The zero-order valence-corrected chi connectivity index (χ0v) is 22.4. The van der Waals surface area contributed by atoms with Crippen LogP contribution in [-0.4, -0.2) is 70.9 Å². The minimum absolute atomic E-state index is 0.666. The predicted molar refractivity (Wildman–Crippen MR) is 141 cm³/mol. The molecule has 0 aromatic rings. The Hall–Kier alpha value is -1.06. The van der Waals surface area contributed by atoms with Crippen LogP contribution in [0.4, 0.5) is 0 Å². The van der Waals surface area contributed by atoms with Gasteiger partial charge >= 0.3 is 0 Å². The van der Waals surface area contributed by atoms with E-state index in [2.05, 4.69) is 49.0 Å². The highest BCUT2D eigenvalue weighted by Gasteiger charge is 2.35. The van der Waals surface area contributed by atoms with Crippen molar-refractivity contribution in [3.8, 4) is 0 Å². The van der Waals surface area contributed by atoms with Gasteiger partial charge in [0.05, 0.1) is 25.5 Å².